The molecular weight excluding hydrogens is 341 g/mol. The highest BCUT2D eigenvalue weighted by atomic mass is 79.9. The molecule has 1 heterocycles. The third kappa shape index (κ3) is 3.34. The summed E-state index contributed by atoms with van der Waals surface area (Å²) in [4.78, 5) is 1.21. The van der Waals surface area contributed by atoms with Crippen LogP contribution in [0.4, 0.5) is 13.2 Å². The Kier molecular flexibility index (Phi) is 4.09. The number of aryl methyl sites for hydroxylation is 1. The summed E-state index contributed by atoms with van der Waals surface area (Å²) in [5, 5.41) is 21.1. The highest BCUT2D eigenvalue weighted by molar-refractivity contribution is 9.10. The van der Waals surface area contributed by atoms with Crippen LogP contribution in [0.5, 0.6) is 0 Å². The van der Waals surface area contributed by atoms with E-state index in [0.717, 1.165) is 6.07 Å². The fourth-order valence-electron chi connectivity index (χ4n) is 1.66. The van der Waals surface area contributed by atoms with Crippen LogP contribution in [0.25, 0.3) is 0 Å². The summed E-state index contributed by atoms with van der Waals surface area (Å²) >= 11 is 2.85. The number of aliphatic hydroxyl groups excluding tert-OH is 1. The molecule has 108 valence electrons. The maximum Gasteiger partial charge on any atom is 0.417 e. The van der Waals surface area contributed by atoms with E-state index in [-0.39, 0.29) is 22.3 Å². The first-order chi connectivity index (χ1) is 9.27. The molecule has 0 spiro atoms. The minimum atomic E-state index is -4.49. The predicted octanol–water partition coefficient (Wildman–Crippen LogP) is 2.27. The Morgan fingerprint density at radius 3 is 2.65 bits per heavy atom. The lowest BCUT2D eigenvalue weighted by Crippen LogP contribution is -2.09. The van der Waals surface area contributed by atoms with Crippen LogP contribution in [0.1, 0.15) is 23.1 Å². The summed E-state index contributed by atoms with van der Waals surface area (Å²) in [5.41, 5.74) is -0.686. The molecule has 0 aliphatic rings. The zero-order chi connectivity index (χ0) is 14.9. The van der Waals surface area contributed by atoms with Crippen molar-refractivity contribution in [3.63, 3.8) is 0 Å². The average molecular weight is 351 g/mol. The van der Waals surface area contributed by atoms with Gasteiger partial charge in [-0.25, -0.2) is 0 Å². The number of aromatic nitrogens is 4. The summed E-state index contributed by atoms with van der Waals surface area (Å²) in [6, 6.07) is 3.58. The molecule has 0 bridgehead atoms. The van der Waals surface area contributed by atoms with Crippen molar-refractivity contribution in [2.75, 3.05) is 0 Å². The molecule has 0 amide bonds. The molecule has 2 aromatic rings. The summed E-state index contributed by atoms with van der Waals surface area (Å²) in [7, 11) is 1.56. The van der Waals surface area contributed by atoms with Crippen molar-refractivity contribution in [1.29, 1.82) is 0 Å². The molecule has 2 rings (SSSR count). The van der Waals surface area contributed by atoms with Gasteiger partial charge < -0.3 is 5.11 Å². The molecule has 5 nitrogen and oxygen atoms in total. The Morgan fingerprint density at radius 2 is 2.10 bits per heavy atom. The van der Waals surface area contributed by atoms with Gasteiger partial charge in [-0.15, -0.1) is 10.2 Å². The van der Waals surface area contributed by atoms with E-state index in [4.69, 9.17) is 0 Å². The number of alkyl halides is 3. The van der Waals surface area contributed by atoms with E-state index in [2.05, 4.69) is 31.3 Å². The summed E-state index contributed by atoms with van der Waals surface area (Å²) in [6.45, 7) is 0. The number of hydrogen-bond donors (Lipinski definition) is 1. The van der Waals surface area contributed by atoms with Crippen LogP contribution in [0.2, 0.25) is 0 Å². The fourth-order valence-corrected chi connectivity index (χ4v) is 2.13. The van der Waals surface area contributed by atoms with Crippen LogP contribution in [0, 0.1) is 0 Å². The summed E-state index contributed by atoms with van der Waals surface area (Å²) < 4.78 is 38.2. The number of halogens is 4. The van der Waals surface area contributed by atoms with Crippen molar-refractivity contribution >= 4 is 15.9 Å². The molecule has 1 aromatic heterocycles. The lowest BCUT2D eigenvalue weighted by atomic mass is 10.0. The van der Waals surface area contributed by atoms with E-state index >= 15 is 0 Å². The molecule has 0 radical (unpaired) electrons. The highest BCUT2D eigenvalue weighted by Crippen LogP contribution is 2.36. The molecule has 0 aliphatic carbocycles. The van der Waals surface area contributed by atoms with Gasteiger partial charge in [0.05, 0.1) is 18.7 Å². The molecule has 20 heavy (non-hydrogen) atoms. The molecular formula is C11H10BrF3N4O. The van der Waals surface area contributed by atoms with Crippen molar-refractivity contribution in [2.45, 2.75) is 18.7 Å². The van der Waals surface area contributed by atoms with Crippen molar-refractivity contribution in [3.8, 4) is 0 Å². The average Bonchev–Trinajstić information content (AvgIpc) is 2.73. The van der Waals surface area contributed by atoms with E-state index in [9.17, 15) is 18.3 Å². The molecule has 0 saturated heterocycles. The molecule has 1 atom stereocenters. The van der Waals surface area contributed by atoms with Crippen LogP contribution in [-0.4, -0.2) is 25.3 Å². The van der Waals surface area contributed by atoms with Crippen molar-refractivity contribution < 1.29 is 18.3 Å². The van der Waals surface area contributed by atoms with Gasteiger partial charge in [-0.2, -0.15) is 18.0 Å². The molecule has 0 aliphatic heterocycles. The van der Waals surface area contributed by atoms with Crippen LogP contribution in [0.3, 0.4) is 0 Å². The topological polar surface area (TPSA) is 63.8 Å². The van der Waals surface area contributed by atoms with Gasteiger partial charge in [0.25, 0.3) is 0 Å². The van der Waals surface area contributed by atoms with Gasteiger partial charge in [-0.05, 0) is 22.9 Å². The molecule has 0 saturated carbocycles. The Labute approximate surface area is 120 Å². The second kappa shape index (κ2) is 5.49. The number of rotatable bonds is 3. The van der Waals surface area contributed by atoms with Crippen LogP contribution >= 0.6 is 15.9 Å². The highest BCUT2D eigenvalue weighted by Gasteiger charge is 2.33. The van der Waals surface area contributed by atoms with Gasteiger partial charge in [0.1, 0.15) is 0 Å². The maximum absolute atomic E-state index is 12.8. The zero-order valence-corrected chi connectivity index (χ0v) is 11.9. The van der Waals surface area contributed by atoms with Gasteiger partial charge in [0.15, 0.2) is 5.82 Å². The number of nitrogens with zero attached hydrogens (tertiary/aromatic N) is 4. The SMILES string of the molecule is Cn1nnc(CC(O)c2ccc(Br)c(C(F)(F)F)c2)n1. The van der Waals surface area contributed by atoms with Crippen molar-refractivity contribution in [2.24, 2.45) is 7.05 Å². The number of hydrogen-bond acceptors (Lipinski definition) is 4. The second-order valence-corrected chi connectivity index (χ2v) is 5.01. The van der Waals surface area contributed by atoms with Crippen LogP contribution in [0.15, 0.2) is 22.7 Å². The summed E-state index contributed by atoms with van der Waals surface area (Å²) in [6.07, 6.45) is -5.63. The first kappa shape index (κ1) is 14.9. The quantitative estimate of drug-likeness (QED) is 0.922. The minimum Gasteiger partial charge on any atom is -0.388 e. The third-order valence-electron chi connectivity index (χ3n) is 2.61. The predicted molar refractivity (Wildman–Crippen MR) is 66.6 cm³/mol. The molecule has 1 unspecified atom stereocenters. The molecule has 1 aromatic carbocycles. The minimum absolute atomic E-state index is 0.00717. The first-order valence-corrected chi connectivity index (χ1v) is 6.34. The van der Waals surface area contributed by atoms with E-state index in [1.807, 2.05) is 0 Å². The molecule has 1 N–H and O–H groups in total. The Hall–Kier alpha value is -1.48. The van der Waals surface area contributed by atoms with Gasteiger partial charge in [0, 0.05) is 10.9 Å². The van der Waals surface area contributed by atoms with Gasteiger partial charge in [0.2, 0.25) is 0 Å². The summed E-state index contributed by atoms with van der Waals surface area (Å²) in [5.74, 6) is 0.261. The van der Waals surface area contributed by atoms with Gasteiger partial charge in [-0.3, -0.25) is 0 Å². The zero-order valence-electron chi connectivity index (χ0n) is 10.3. The lowest BCUT2D eigenvalue weighted by Gasteiger charge is -2.14. The first-order valence-electron chi connectivity index (χ1n) is 5.55. The van der Waals surface area contributed by atoms with E-state index in [1.54, 1.807) is 7.05 Å². The number of benzene rings is 1. The normalized spacial score (nSPS) is 13.5. The van der Waals surface area contributed by atoms with Crippen LogP contribution in [-0.2, 0) is 19.6 Å². The third-order valence-corrected chi connectivity index (χ3v) is 3.30. The van der Waals surface area contributed by atoms with Crippen molar-refractivity contribution in [1.82, 2.24) is 20.2 Å². The maximum atomic E-state index is 12.8. The van der Waals surface area contributed by atoms with Gasteiger partial charge in [-0.1, -0.05) is 22.0 Å². The lowest BCUT2D eigenvalue weighted by molar-refractivity contribution is -0.138. The van der Waals surface area contributed by atoms with E-state index in [1.165, 1.54) is 16.9 Å². The number of aliphatic hydroxyl groups is 1. The molecule has 9 heteroatoms. The standard InChI is InChI=1S/C11H10BrF3N4O/c1-19-17-10(16-18-19)5-9(20)6-2-3-8(12)7(4-6)11(13,14)15/h2-4,9,20H,5H2,1H3. The largest absolute Gasteiger partial charge is 0.417 e. The Bertz CT molecular complexity index is 614. The number of tetrazole rings is 1. The smallest absolute Gasteiger partial charge is 0.388 e. The Balaban J connectivity index is 2.24. The van der Waals surface area contributed by atoms with Crippen molar-refractivity contribution in [3.05, 3.63) is 39.6 Å². The molecule has 0 fully saturated rings. The van der Waals surface area contributed by atoms with Crippen LogP contribution < -0.4 is 0 Å². The Morgan fingerprint density at radius 1 is 1.40 bits per heavy atom. The fraction of sp³-hybridized carbons (Fsp3) is 0.364. The van der Waals surface area contributed by atoms with E-state index in [0.29, 0.717) is 0 Å². The van der Waals surface area contributed by atoms with Gasteiger partial charge >= 0.3 is 6.18 Å². The monoisotopic (exact) mass is 350 g/mol. The second-order valence-electron chi connectivity index (χ2n) is 4.15. The van der Waals surface area contributed by atoms with E-state index < -0.39 is 17.8 Å².